The highest BCUT2D eigenvalue weighted by Crippen LogP contribution is 2.14. The Bertz CT molecular complexity index is 520. The summed E-state index contributed by atoms with van der Waals surface area (Å²) in [5, 5.41) is 4.76. The third kappa shape index (κ3) is 3.14. The van der Waals surface area contributed by atoms with E-state index in [9.17, 15) is 4.79 Å². The Kier molecular flexibility index (Phi) is 3.54. The summed E-state index contributed by atoms with van der Waals surface area (Å²) in [6, 6.07) is 5.91. The van der Waals surface area contributed by atoms with Gasteiger partial charge in [0, 0.05) is 11.1 Å². The van der Waals surface area contributed by atoms with Crippen molar-refractivity contribution >= 4 is 22.9 Å². The molecular formula is C13H14N2OS. The second-order valence-electron chi connectivity index (χ2n) is 4.00. The number of hydrogen-bond acceptors (Lipinski definition) is 3. The second-order valence-corrected chi connectivity index (χ2v) is 4.72. The fourth-order valence-electron chi connectivity index (χ4n) is 1.51. The van der Waals surface area contributed by atoms with Gasteiger partial charge in [-0.1, -0.05) is 6.07 Å². The number of carbonyl (C=O) groups excluding carboxylic acids is 1. The van der Waals surface area contributed by atoms with Gasteiger partial charge in [-0.25, -0.2) is 4.98 Å². The molecule has 1 aromatic heterocycles. The van der Waals surface area contributed by atoms with Gasteiger partial charge in [-0.15, -0.1) is 11.3 Å². The average molecular weight is 246 g/mol. The number of thiazole rings is 1. The van der Waals surface area contributed by atoms with Crippen molar-refractivity contribution in [1.29, 1.82) is 0 Å². The quantitative estimate of drug-likeness (QED) is 0.904. The van der Waals surface area contributed by atoms with Crippen LogP contribution in [-0.4, -0.2) is 10.9 Å². The van der Waals surface area contributed by atoms with E-state index in [0.717, 1.165) is 11.4 Å². The maximum absolute atomic E-state index is 11.7. The normalized spacial score (nSPS) is 10.2. The van der Waals surface area contributed by atoms with E-state index >= 15 is 0 Å². The summed E-state index contributed by atoms with van der Waals surface area (Å²) in [7, 11) is 0. The van der Waals surface area contributed by atoms with Gasteiger partial charge in [-0.2, -0.15) is 0 Å². The summed E-state index contributed by atoms with van der Waals surface area (Å²) in [4.78, 5) is 15.8. The van der Waals surface area contributed by atoms with Gasteiger partial charge >= 0.3 is 0 Å². The number of aromatic nitrogens is 1. The molecule has 0 fully saturated rings. The Morgan fingerprint density at radius 3 is 2.82 bits per heavy atom. The number of carbonyl (C=O) groups is 1. The fourth-order valence-corrected chi connectivity index (χ4v) is 2.07. The lowest BCUT2D eigenvalue weighted by Gasteiger charge is -2.06. The van der Waals surface area contributed by atoms with Gasteiger partial charge in [0.2, 0.25) is 5.91 Å². The van der Waals surface area contributed by atoms with E-state index < -0.39 is 0 Å². The number of nitrogens with one attached hydrogen (secondary N) is 1. The standard InChI is InChI=1S/C13H14N2OS/c1-9-3-4-11(5-10(9)2)15-13(16)6-12-7-17-8-14-12/h3-5,7-8H,6H2,1-2H3,(H,15,16). The number of hydrogen-bond donors (Lipinski definition) is 1. The first-order valence-corrected chi connectivity index (χ1v) is 6.33. The molecule has 0 saturated carbocycles. The molecule has 0 spiro atoms. The molecule has 2 rings (SSSR count). The fraction of sp³-hybridized carbons (Fsp3) is 0.231. The van der Waals surface area contributed by atoms with Gasteiger partial charge < -0.3 is 5.32 Å². The van der Waals surface area contributed by atoms with E-state index in [4.69, 9.17) is 0 Å². The maximum atomic E-state index is 11.7. The summed E-state index contributed by atoms with van der Waals surface area (Å²) in [6.45, 7) is 4.08. The Morgan fingerprint density at radius 1 is 1.35 bits per heavy atom. The minimum atomic E-state index is -0.0286. The highest BCUT2D eigenvalue weighted by Gasteiger charge is 2.05. The molecule has 1 amide bonds. The Morgan fingerprint density at radius 2 is 2.18 bits per heavy atom. The summed E-state index contributed by atoms with van der Waals surface area (Å²) < 4.78 is 0. The number of anilines is 1. The van der Waals surface area contributed by atoms with Crippen LogP contribution in [0, 0.1) is 13.8 Å². The number of aryl methyl sites for hydroxylation is 2. The molecule has 1 aromatic carbocycles. The molecule has 1 N–H and O–H groups in total. The van der Waals surface area contributed by atoms with Gasteiger partial charge in [0.15, 0.2) is 0 Å². The van der Waals surface area contributed by atoms with Crippen molar-refractivity contribution in [3.63, 3.8) is 0 Å². The van der Waals surface area contributed by atoms with Crippen molar-refractivity contribution < 1.29 is 4.79 Å². The van der Waals surface area contributed by atoms with Gasteiger partial charge in [0.05, 0.1) is 17.6 Å². The molecule has 0 unspecified atom stereocenters. The van der Waals surface area contributed by atoms with Crippen molar-refractivity contribution in [3.05, 3.63) is 45.9 Å². The van der Waals surface area contributed by atoms with Crippen molar-refractivity contribution in [2.75, 3.05) is 5.32 Å². The Hall–Kier alpha value is -1.68. The zero-order valence-corrected chi connectivity index (χ0v) is 10.7. The first-order valence-electron chi connectivity index (χ1n) is 5.39. The molecule has 88 valence electrons. The first-order chi connectivity index (χ1) is 8.15. The molecule has 2 aromatic rings. The lowest BCUT2D eigenvalue weighted by Crippen LogP contribution is -2.14. The zero-order chi connectivity index (χ0) is 12.3. The second kappa shape index (κ2) is 5.10. The minimum Gasteiger partial charge on any atom is -0.326 e. The SMILES string of the molecule is Cc1ccc(NC(=O)Cc2cscn2)cc1C. The van der Waals surface area contributed by atoms with Crippen LogP contribution < -0.4 is 5.32 Å². The number of nitrogens with zero attached hydrogens (tertiary/aromatic N) is 1. The van der Waals surface area contributed by atoms with Crippen LogP contribution in [0.15, 0.2) is 29.1 Å². The van der Waals surface area contributed by atoms with Crippen LogP contribution >= 0.6 is 11.3 Å². The number of benzene rings is 1. The minimum absolute atomic E-state index is 0.0286. The van der Waals surface area contributed by atoms with E-state index in [1.165, 1.54) is 22.5 Å². The molecule has 4 heteroatoms. The molecule has 0 aliphatic heterocycles. The predicted octanol–water partition coefficient (Wildman–Crippen LogP) is 2.94. The highest BCUT2D eigenvalue weighted by molar-refractivity contribution is 7.07. The van der Waals surface area contributed by atoms with Crippen molar-refractivity contribution in [2.24, 2.45) is 0 Å². The van der Waals surface area contributed by atoms with Crippen LogP contribution in [0.4, 0.5) is 5.69 Å². The molecule has 3 nitrogen and oxygen atoms in total. The van der Waals surface area contributed by atoms with Gasteiger partial charge in [0.25, 0.3) is 0 Å². The van der Waals surface area contributed by atoms with E-state index in [-0.39, 0.29) is 5.91 Å². The zero-order valence-electron chi connectivity index (χ0n) is 9.86. The summed E-state index contributed by atoms with van der Waals surface area (Å²) in [5.74, 6) is -0.0286. The number of rotatable bonds is 3. The van der Waals surface area contributed by atoms with Gasteiger partial charge in [-0.05, 0) is 37.1 Å². The van der Waals surface area contributed by atoms with E-state index in [1.807, 2.05) is 30.5 Å². The van der Waals surface area contributed by atoms with Crippen LogP contribution in [0.1, 0.15) is 16.8 Å². The van der Waals surface area contributed by atoms with Crippen LogP contribution in [-0.2, 0) is 11.2 Å². The van der Waals surface area contributed by atoms with Gasteiger partial charge in [-0.3, -0.25) is 4.79 Å². The molecular weight excluding hydrogens is 232 g/mol. The third-order valence-electron chi connectivity index (χ3n) is 2.62. The molecule has 0 radical (unpaired) electrons. The summed E-state index contributed by atoms with van der Waals surface area (Å²) in [6.07, 6.45) is 0.330. The van der Waals surface area contributed by atoms with Crippen LogP contribution in [0.5, 0.6) is 0 Å². The van der Waals surface area contributed by atoms with Crippen LogP contribution in [0.25, 0.3) is 0 Å². The van der Waals surface area contributed by atoms with Crippen molar-refractivity contribution in [1.82, 2.24) is 4.98 Å². The van der Waals surface area contributed by atoms with Crippen LogP contribution in [0.2, 0.25) is 0 Å². The van der Waals surface area contributed by atoms with Crippen molar-refractivity contribution in [3.8, 4) is 0 Å². The third-order valence-corrected chi connectivity index (χ3v) is 3.25. The largest absolute Gasteiger partial charge is 0.326 e. The topological polar surface area (TPSA) is 42.0 Å². The van der Waals surface area contributed by atoms with E-state index in [2.05, 4.69) is 17.2 Å². The predicted molar refractivity (Wildman–Crippen MR) is 70.4 cm³/mol. The molecule has 0 bridgehead atoms. The summed E-state index contributed by atoms with van der Waals surface area (Å²) in [5.41, 5.74) is 5.79. The molecule has 17 heavy (non-hydrogen) atoms. The first kappa shape index (κ1) is 11.8. The highest BCUT2D eigenvalue weighted by atomic mass is 32.1. The van der Waals surface area contributed by atoms with Crippen molar-refractivity contribution in [2.45, 2.75) is 20.3 Å². The number of amides is 1. The van der Waals surface area contributed by atoms with E-state index in [0.29, 0.717) is 6.42 Å². The van der Waals surface area contributed by atoms with Gasteiger partial charge in [0.1, 0.15) is 0 Å². The van der Waals surface area contributed by atoms with Crippen LogP contribution in [0.3, 0.4) is 0 Å². The monoisotopic (exact) mass is 246 g/mol. The molecule has 0 atom stereocenters. The Labute approximate surface area is 105 Å². The Balaban J connectivity index is 2.00. The summed E-state index contributed by atoms with van der Waals surface area (Å²) >= 11 is 1.50. The lowest BCUT2D eigenvalue weighted by atomic mass is 10.1. The molecule has 0 aliphatic rings. The smallest absolute Gasteiger partial charge is 0.230 e. The average Bonchev–Trinajstić information content (AvgIpc) is 2.76. The lowest BCUT2D eigenvalue weighted by molar-refractivity contribution is -0.115. The molecule has 0 aliphatic carbocycles. The maximum Gasteiger partial charge on any atom is 0.230 e. The molecule has 1 heterocycles. The molecule has 0 saturated heterocycles. The van der Waals surface area contributed by atoms with E-state index in [1.54, 1.807) is 5.51 Å².